The number of H-pyrrole nitrogens is 1. The number of phenols is 1. The third kappa shape index (κ3) is 1.60. The minimum absolute atomic E-state index is 0.122. The van der Waals surface area contributed by atoms with Crippen LogP contribution in [-0.2, 0) is 0 Å². The third-order valence-corrected chi connectivity index (χ3v) is 3.24. The van der Waals surface area contributed by atoms with Gasteiger partial charge in [-0.2, -0.15) is 9.61 Å². The van der Waals surface area contributed by atoms with Crippen molar-refractivity contribution in [1.29, 1.82) is 0 Å². The highest BCUT2D eigenvalue weighted by Gasteiger charge is 2.10. The third-order valence-electron chi connectivity index (χ3n) is 2.57. The van der Waals surface area contributed by atoms with Crippen LogP contribution in [0.2, 0.25) is 0 Å². The molecule has 0 saturated carbocycles. The molecule has 0 atom stereocenters. The van der Waals surface area contributed by atoms with E-state index in [0.29, 0.717) is 15.7 Å². The molecule has 90 valence electrons. The second-order valence-electron chi connectivity index (χ2n) is 3.67. The molecular formula is C11H7BrN4O2. The molecule has 6 nitrogen and oxygen atoms in total. The first-order chi connectivity index (χ1) is 8.66. The number of rotatable bonds is 1. The van der Waals surface area contributed by atoms with Crippen LogP contribution in [0.1, 0.15) is 0 Å². The summed E-state index contributed by atoms with van der Waals surface area (Å²) in [5, 5.41) is 13.6. The lowest BCUT2D eigenvalue weighted by atomic mass is 10.1. The molecular weight excluding hydrogens is 300 g/mol. The summed E-state index contributed by atoms with van der Waals surface area (Å²) in [6, 6.07) is 5.12. The standard InChI is InChI=1S/C11H7BrN4O2/c12-8-2-1-6(3-9(8)17)7-4-15-16-10(7)13-5-14-11(16)18/h1-5,17H,(H,13,14,18). The van der Waals surface area contributed by atoms with Gasteiger partial charge in [0, 0.05) is 5.56 Å². The lowest BCUT2D eigenvalue weighted by molar-refractivity contribution is 0.472. The largest absolute Gasteiger partial charge is 0.507 e. The minimum Gasteiger partial charge on any atom is -0.507 e. The molecule has 18 heavy (non-hydrogen) atoms. The van der Waals surface area contributed by atoms with Gasteiger partial charge in [0.2, 0.25) is 0 Å². The van der Waals surface area contributed by atoms with E-state index in [9.17, 15) is 9.90 Å². The average Bonchev–Trinajstić information content (AvgIpc) is 2.78. The van der Waals surface area contributed by atoms with Crippen LogP contribution < -0.4 is 5.69 Å². The molecule has 3 aromatic rings. The van der Waals surface area contributed by atoms with Gasteiger partial charge in [0.25, 0.3) is 0 Å². The molecule has 0 saturated heterocycles. The molecule has 7 heteroatoms. The first kappa shape index (κ1) is 11.0. The van der Waals surface area contributed by atoms with Gasteiger partial charge in [-0.3, -0.25) is 4.98 Å². The van der Waals surface area contributed by atoms with Crippen LogP contribution in [0.4, 0.5) is 0 Å². The number of hydrogen-bond donors (Lipinski definition) is 2. The van der Waals surface area contributed by atoms with Gasteiger partial charge in [0.15, 0.2) is 5.65 Å². The van der Waals surface area contributed by atoms with E-state index in [4.69, 9.17) is 0 Å². The lowest BCUT2D eigenvalue weighted by Gasteiger charge is -2.01. The fourth-order valence-electron chi connectivity index (χ4n) is 1.71. The molecule has 0 bridgehead atoms. The maximum Gasteiger partial charge on any atom is 0.349 e. The number of benzene rings is 1. The highest BCUT2D eigenvalue weighted by molar-refractivity contribution is 9.10. The van der Waals surface area contributed by atoms with Crippen molar-refractivity contribution in [2.45, 2.75) is 0 Å². The van der Waals surface area contributed by atoms with Crippen molar-refractivity contribution < 1.29 is 5.11 Å². The summed E-state index contributed by atoms with van der Waals surface area (Å²) in [7, 11) is 0. The number of aromatic hydroxyl groups is 1. The van der Waals surface area contributed by atoms with Crippen molar-refractivity contribution in [2.24, 2.45) is 0 Å². The SMILES string of the molecule is O=c1[nH]cnc2c(-c3ccc(Br)c(O)c3)cnn12. The molecule has 2 N–H and O–H groups in total. The van der Waals surface area contributed by atoms with Crippen molar-refractivity contribution in [3.63, 3.8) is 0 Å². The van der Waals surface area contributed by atoms with Crippen LogP contribution in [0, 0.1) is 0 Å². The van der Waals surface area contributed by atoms with E-state index in [-0.39, 0.29) is 11.4 Å². The number of nitrogens with zero attached hydrogens (tertiary/aromatic N) is 3. The van der Waals surface area contributed by atoms with Gasteiger partial charge in [0.05, 0.1) is 17.0 Å². The number of halogens is 1. The van der Waals surface area contributed by atoms with Gasteiger partial charge in [-0.25, -0.2) is 9.78 Å². The minimum atomic E-state index is -0.354. The molecule has 1 aromatic carbocycles. The van der Waals surface area contributed by atoms with E-state index >= 15 is 0 Å². The summed E-state index contributed by atoms with van der Waals surface area (Å²) in [6.45, 7) is 0. The molecule has 0 unspecified atom stereocenters. The molecule has 0 fully saturated rings. The van der Waals surface area contributed by atoms with E-state index in [2.05, 4.69) is 31.0 Å². The maximum atomic E-state index is 11.5. The van der Waals surface area contributed by atoms with Crippen molar-refractivity contribution in [3.8, 4) is 16.9 Å². The second-order valence-corrected chi connectivity index (χ2v) is 4.52. The van der Waals surface area contributed by atoms with Gasteiger partial charge >= 0.3 is 5.69 Å². The molecule has 3 rings (SSSR count). The number of fused-ring (bicyclic) bond motifs is 1. The Hall–Kier alpha value is -2.15. The smallest absolute Gasteiger partial charge is 0.349 e. The van der Waals surface area contributed by atoms with Crippen molar-refractivity contribution in [2.75, 3.05) is 0 Å². The van der Waals surface area contributed by atoms with E-state index < -0.39 is 0 Å². The quantitative estimate of drug-likeness (QED) is 0.714. The van der Waals surface area contributed by atoms with Gasteiger partial charge in [0.1, 0.15) is 5.75 Å². The number of phenolic OH excluding ortho intramolecular Hbond substituents is 1. The van der Waals surface area contributed by atoms with E-state index in [1.807, 2.05) is 6.07 Å². The fourth-order valence-corrected chi connectivity index (χ4v) is 1.96. The van der Waals surface area contributed by atoms with E-state index in [0.717, 1.165) is 5.56 Å². The van der Waals surface area contributed by atoms with Crippen molar-refractivity contribution in [3.05, 3.63) is 45.7 Å². The number of hydrogen-bond acceptors (Lipinski definition) is 4. The van der Waals surface area contributed by atoms with Crippen LogP contribution in [0.3, 0.4) is 0 Å². The first-order valence-corrected chi connectivity index (χ1v) is 5.86. The Balaban J connectivity index is 2.29. The van der Waals surface area contributed by atoms with Gasteiger partial charge in [-0.15, -0.1) is 0 Å². The maximum absolute atomic E-state index is 11.5. The van der Waals surface area contributed by atoms with E-state index in [1.54, 1.807) is 18.3 Å². The van der Waals surface area contributed by atoms with Gasteiger partial charge in [-0.1, -0.05) is 6.07 Å². The van der Waals surface area contributed by atoms with Crippen LogP contribution in [0.25, 0.3) is 16.8 Å². The van der Waals surface area contributed by atoms with Crippen LogP contribution in [-0.4, -0.2) is 24.7 Å². The molecule has 0 aliphatic carbocycles. The number of nitrogens with one attached hydrogen (secondary N) is 1. The highest BCUT2D eigenvalue weighted by atomic mass is 79.9. The second kappa shape index (κ2) is 3.95. The summed E-state index contributed by atoms with van der Waals surface area (Å²) in [5.41, 5.74) is 1.51. The molecule has 0 aliphatic rings. The molecule has 0 radical (unpaired) electrons. The lowest BCUT2D eigenvalue weighted by Crippen LogP contribution is -2.17. The summed E-state index contributed by atoms with van der Waals surface area (Å²) in [6.07, 6.45) is 2.86. The first-order valence-electron chi connectivity index (χ1n) is 5.07. The highest BCUT2D eigenvalue weighted by Crippen LogP contribution is 2.30. The Morgan fingerprint density at radius 2 is 2.22 bits per heavy atom. The average molecular weight is 307 g/mol. The Kier molecular flexibility index (Phi) is 2.41. The Bertz CT molecular complexity index is 793. The predicted octanol–water partition coefficient (Wildman–Crippen LogP) is 1.55. The van der Waals surface area contributed by atoms with Crippen LogP contribution in [0.5, 0.6) is 5.75 Å². The van der Waals surface area contributed by atoms with Crippen LogP contribution >= 0.6 is 15.9 Å². The summed E-state index contributed by atoms with van der Waals surface area (Å²) in [5.74, 6) is 0.122. The zero-order chi connectivity index (χ0) is 12.7. The number of aromatic amines is 1. The van der Waals surface area contributed by atoms with Gasteiger partial charge < -0.3 is 5.11 Å². The molecule has 0 amide bonds. The zero-order valence-electron chi connectivity index (χ0n) is 8.96. The Labute approximate surface area is 109 Å². The molecule has 0 spiro atoms. The summed E-state index contributed by atoms with van der Waals surface area (Å²) >= 11 is 3.21. The van der Waals surface area contributed by atoms with Crippen LogP contribution in [0.15, 0.2) is 40.0 Å². The summed E-state index contributed by atoms with van der Waals surface area (Å²) < 4.78 is 1.78. The topological polar surface area (TPSA) is 83.3 Å². The molecule has 0 aliphatic heterocycles. The molecule has 2 heterocycles. The zero-order valence-corrected chi connectivity index (χ0v) is 10.5. The fraction of sp³-hybridized carbons (Fsp3) is 0. The monoisotopic (exact) mass is 306 g/mol. The summed E-state index contributed by atoms with van der Waals surface area (Å²) in [4.78, 5) is 18.0. The van der Waals surface area contributed by atoms with E-state index in [1.165, 1.54) is 10.8 Å². The van der Waals surface area contributed by atoms with Gasteiger partial charge in [-0.05, 0) is 33.6 Å². The predicted molar refractivity (Wildman–Crippen MR) is 68.4 cm³/mol. The Morgan fingerprint density at radius 3 is 3.00 bits per heavy atom. The van der Waals surface area contributed by atoms with Crippen molar-refractivity contribution >= 4 is 21.6 Å². The number of aromatic nitrogens is 4. The Morgan fingerprint density at radius 1 is 1.39 bits per heavy atom. The van der Waals surface area contributed by atoms with Crippen molar-refractivity contribution in [1.82, 2.24) is 19.6 Å². The molecule has 2 aromatic heterocycles. The normalized spacial score (nSPS) is 10.9.